The number of hydrogen-bond acceptors (Lipinski definition) is 6. The summed E-state index contributed by atoms with van der Waals surface area (Å²) in [7, 11) is -4.48. The van der Waals surface area contributed by atoms with Gasteiger partial charge in [0.05, 0.1) is 0 Å². The first-order valence-corrected chi connectivity index (χ1v) is 10.2. The number of rotatable bonds is 5. The molecule has 160 valence electrons. The molecular weight excluding hydrogens is 417 g/mol. The van der Waals surface area contributed by atoms with Crippen LogP contribution in [-0.2, 0) is 20.9 Å². The van der Waals surface area contributed by atoms with Crippen molar-refractivity contribution in [3.05, 3.63) is 35.5 Å². The van der Waals surface area contributed by atoms with Crippen LogP contribution in [-0.4, -0.2) is 53.0 Å². The fraction of sp³-hybridized carbons (Fsp3) is 0.500. The van der Waals surface area contributed by atoms with E-state index < -0.39 is 38.7 Å². The van der Waals surface area contributed by atoms with Gasteiger partial charge in [0.25, 0.3) is 15.9 Å². The normalized spacial score (nSPS) is 19.1. The number of carbonyl (C=O) groups is 1. The molecule has 0 saturated carbocycles. The summed E-state index contributed by atoms with van der Waals surface area (Å²) in [6, 6.07) is 0. The molecule has 1 aliphatic carbocycles. The van der Waals surface area contributed by atoms with Crippen LogP contribution in [0.25, 0.3) is 0 Å². The van der Waals surface area contributed by atoms with Crippen LogP contribution in [0.3, 0.4) is 0 Å². The number of nitrogens with one attached hydrogen (secondary N) is 2. The van der Waals surface area contributed by atoms with E-state index in [0.717, 1.165) is 22.6 Å². The number of nitrogens with zero attached hydrogens (tertiary/aromatic N) is 2. The van der Waals surface area contributed by atoms with Gasteiger partial charge in [-0.25, -0.2) is 18.9 Å². The van der Waals surface area contributed by atoms with Gasteiger partial charge in [0.15, 0.2) is 10.7 Å². The van der Waals surface area contributed by atoms with Gasteiger partial charge in [-0.2, -0.15) is 17.5 Å². The number of aromatic nitrogens is 2. The summed E-state index contributed by atoms with van der Waals surface area (Å²) < 4.78 is 71.2. The highest BCUT2D eigenvalue weighted by Crippen LogP contribution is 2.31. The van der Waals surface area contributed by atoms with Crippen LogP contribution in [0.4, 0.5) is 13.2 Å². The third-order valence-electron chi connectivity index (χ3n) is 4.52. The zero-order chi connectivity index (χ0) is 21.2. The van der Waals surface area contributed by atoms with Crippen molar-refractivity contribution in [2.24, 2.45) is 0 Å². The molecule has 3 rings (SSSR count). The predicted octanol–water partition coefficient (Wildman–Crippen LogP) is 1.95. The first-order chi connectivity index (χ1) is 13.6. The average Bonchev–Trinajstić information content (AvgIpc) is 3.15. The average molecular weight is 436 g/mol. The molecule has 2 aliphatic rings. The van der Waals surface area contributed by atoms with E-state index in [1.165, 1.54) is 0 Å². The molecule has 1 amide bonds. The fourth-order valence-electron chi connectivity index (χ4n) is 3.07. The third-order valence-corrected chi connectivity index (χ3v) is 6.37. The van der Waals surface area contributed by atoms with Crippen LogP contribution in [0.1, 0.15) is 42.0 Å². The van der Waals surface area contributed by atoms with Crippen molar-refractivity contribution in [1.29, 1.82) is 0 Å². The van der Waals surface area contributed by atoms with Crippen molar-refractivity contribution < 1.29 is 36.3 Å². The first-order valence-electron chi connectivity index (χ1n) is 8.78. The summed E-state index contributed by atoms with van der Waals surface area (Å²) >= 11 is 0. The lowest BCUT2D eigenvalue weighted by Crippen LogP contribution is -2.41. The van der Waals surface area contributed by atoms with Crippen LogP contribution >= 0.6 is 0 Å². The summed E-state index contributed by atoms with van der Waals surface area (Å²) in [5.74, 6) is -2.41. The molecule has 13 heteroatoms. The molecule has 1 aromatic heterocycles. The molecule has 0 atom stereocenters. The molecule has 0 unspecified atom stereocenters. The Morgan fingerprint density at radius 2 is 2.00 bits per heavy atom. The van der Waals surface area contributed by atoms with Crippen LogP contribution in [0.15, 0.2) is 29.0 Å². The highest BCUT2D eigenvalue weighted by molar-refractivity contribution is 7.89. The van der Waals surface area contributed by atoms with E-state index in [9.17, 15) is 26.4 Å². The van der Waals surface area contributed by atoms with Crippen LogP contribution in [0.2, 0.25) is 0 Å². The molecule has 1 fully saturated rings. The van der Waals surface area contributed by atoms with Gasteiger partial charge in [0.2, 0.25) is 5.82 Å². The Morgan fingerprint density at radius 1 is 1.31 bits per heavy atom. The van der Waals surface area contributed by atoms with E-state index in [2.05, 4.69) is 4.98 Å². The van der Waals surface area contributed by atoms with Gasteiger partial charge in [-0.1, -0.05) is 6.08 Å². The number of amides is 1. The van der Waals surface area contributed by atoms with E-state index in [1.54, 1.807) is 4.98 Å². The Kier molecular flexibility index (Phi) is 6.00. The van der Waals surface area contributed by atoms with Gasteiger partial charge in [-0.05, 0) is 37.8 Å². The van der Waals surface area contributed by atoms with Gasteiger partial charge in [-0.15, -0.1) is 0 Å². The number of aromatic amines is 1. The largest absolute Gasteiger partial charge is 0.491 e. The van der Waals surface area contributed by atoms with Gasteiger partial charge in [0, 0.05) is 13.1 Å². The SMILES string of the molecule is O=C(NO)c1nc(C(F)(F)F)[nH]c1S(=O)(=O)N1CCC(OC2=CCCC=C2)CC1. The molecule has 3 N–H and O–H groups in total. The third kappa shape index (κ3) is 4.62. The first kappa shape index (κ1) is 21.3. The highest BCUT2D eigenvalue weighted by atomic mass is 32.2. The van der Waals surface area contributed by atoms with E-state index >= 15 is 0 Å². The van der Waals surface area contributed by atoms with E-state index in [1.807, 2.05) is 18.2 Å². The van der Waals surface area contributed by atoms with Crippen LogP contribution < -0.4 is 5.48 Å². The molecule has 0 bridgehead atoms. The number of halogens is 3. The lowest BCUT2D eigenvalue weighted by molar-refractivity contribution is -0.144. The monoisotopic (exact) mass is 436 g/mol. The lowest BCUT2D eigenvalue weighted by Gasteiger charge is -2.31. The van der Waals surface area contributed by atoms with Crippen molar-refractivity contribution in [1.82, 2.24) is 19.8 Å². The van der Waals surface area contributed by atoms with Crippen molar-refractivity contribution in [3.63, 3.8) is 0 Å². The summed E-state index contributed by atoms with van der Waals surface area (Å²) in [5, 5.41) is 7.70. The molecule has 1 aromatic rings. The predicted molar refractivity (Wildman–Crippen MR) is 92.2 cm³/mol. The number of H-pyrrole nitrogens is 1. The number of sulfonamides is 1. The highest BCUT2D eigenvalue weighted by Gasteiger charge is 2.41. The Labute approximate surface area is 164 Å². The minimum atomic E-state index is -5.00. The van der Waals surface area contributed by atoms with E-state index in [4.69, 9.17) is 9.94 Å². The van der Waals surface area contributed by atoms with Gasteiger partial charge >= 0.3 is 6.18 Å². The number of alkyl halides is 3. The number of allylic oxidation sites excluding steroid dienone is 3. The molecule has 0 spiro atoms. The topological polar surface area (TPSA) is 125 Å². The second kappa shape index (κ2) is 8.16. The Balaban J connectivity index is 1.77. The Hall–Kier alpha value is -2.38. The maximum absolute atomic E-state index is 12.9. The quantitative estimate of drug-likeness (QED) is 0.479. The van der Waals surface area contributed by atoms with Crippen LogP contribution in [0.5, 0.6) is 0 Å². The Bertz CT molecular complexity index is 931. The maximum Gasteiger partial charge on any atom is 0.449 e. The number of imidazole rings is 1. The summed E-state index contributed by atoms with van der Waals surface area (Å²) in [5.41, 5.74) is 0.0500. The number of hydrogen-bond donors (Lipinski definition) is 3. The maximum atomic E-state index is 12.9. The molecule has 0 radical (unpaired) electrons. The molecule has 2 heterocycles. The summed E-state index contributed by atoms with van der Waals surface area (Å²) in [6.45, 7) is -0.0188. The van der Waals surface area contributed by atoms with Crippen molar-refractivity contribution in [2.45, 2.75) is 43.0 Å². The van der Waals surface area contributed by atoms with Gasteiger partial charge in [0.1, 0.15) is 11.9 Å². The van der Waals surface area contributed by atoms with E-state index in [0.29, 0.717) is 18.6 Å². The molecule has 1 saturated heterocycles. The number of ether oxygens (including phenoxy) is 1. The van der Waals surface area contributed by atoms with Crippen molar-refractivity contribution in [2.75, 3.05) is 13.1 Å². The molecular formula is C16H19F3N4O5S. The van der Waals surface area contributed by atoms with Gasteiger partial charge < -0.3 is 9.72 Å². The Morgan fingerprint density at radius 3 is 2.55 bits per heavy atom. The molecule has 1 aliphatic heterocycles. The number of hydroxylamine groups is 1. The minimum Gasteiger partial charge on any atom is -0.491 e. The van der Waals surface area contributed by atoms with Crippen LogP contribution in [0, 0.1) is 0 Å². The smallest absolute Gasteiger partial charge is 0.449 e. The number of carbonyl (C=O) groups excluding carboxylic acids is 1. The van der Waals surface area contributed by atoms with E-state index in [-0.39, 0.29) is 19.2 Å². The minimum absolute atomic E-state index is 0.00938. The van der Waals surface area contributed by atoms with Gasteiger partial charge in [-0.3, -0.25) is 10.0 Å². The zero-order valence-electron chi connectivity index (χ0n) is 15.1. The van der Waals surface area contributed by atoms with Crippen molar-refractivity contribution in [3.8, 4) is 0 Å². The van der Waals surface area contributed by atoms with Crippen molar-refractivity contribution >= 4 is 15.9 Å². The molecule has 0 aromatic carbocycles. The molecule has 9 nitrogen and oxygen atoms in total. The molecule has 29 heavy (non-hydrogen) atoms. The lowest BCUT2D eigenvalue weighted by atomic mass is 10.1. The standard InChI is InChI=1S/C16H19F3N4O5S/c17-16(18,19)15-20-12(13(24)22-25)14(21-15)29(26,27)23-8-6-11(7-9-23)28-10-4-2-1-3-5-10/h2,4-5,11,25H,1,3,6-9H2,(H,20,21)(H,22,24). The number of piperidine rings is 1. The second-order valence-corrected chi connectivity index (χ2v) is 8.38. The zero-order valence-corrected chi connectivity index (χ0v) is 15.9. The summed E-state index contributed by atoms with van der Waals surface area (Å²) in [6.07, 6.45) is 2.95. The fourth-order valence-corrected chi connectivity index (χ4v) is 4.63. The second-order valence-electron chi connectivity index (χ2n) is 6.51. The summed E-state index contributed by atoms with van der Waals surface area (Å²) in [4.78, 5) is 16.3.